The summed E-state index contributed by atoms with van der Waals surface area (Å²) in [5, 5.41) is 10.9. The highest BCUT2D eigenvalue weighted by molar-refractivity contribution is 6.36. The summed E-state index contributed by atoms with van der Waals surface area (Å²) in [6, 6.07) is 14.6. The van der Waals surface area contributed by atoms with Gasteiger partial charge in [-0.1, -0.05) is 53.5 Å². The Hall–Kier alpha value is -1.26. The quantitative estimate of drug-likeness (QED) is 0.812. The number of halogens is 2. The van der Waals surface area contributed by atoms with Crippen LogP contribution in [0.2, 0.25) is 10.0 Å². The van der Waals surface area contributed by atoms with E-state index in [0.717, 1.165) is 31.7 Å². The van der Waals surface area contributed by atoms with E-state index in [1.165, 1.54) is 18.4 Å². The van der Waals surface area contributed by atoms with E-state index in [2.05, 4.69) is 40.1 Å². The number of hydrogen-bond donors (Lipinski definition) is 1. The highest BCUT2D eigenvalue weighted by Crippen LogP contribution is 2.35. The van der Waals surface area contributed by atoms with Gasteiger partial charge in [0.25, 0.3) is 0 Å². The first-order valence-electron chi connectivity index (χ1n) is 9.26. The fourth-order valence-electron chi connectivity index (χ4n) is 4.37. The largest absolute Gasteiger partial charge is 0.506 e. The highest BCUT2D eigenvalue weighted by atomic mass is 35.5. The summed E-state index contributed by atoms with van der Waals surface area (Å²) in [5.41, 5.74) is 2.22. The summed E-state index contributed by atoms with van der Waals surface area (Å²) in [4.78, 5) is 5.09. The molecule has 2 atom stereocenters. The molecule has 0 amide bonds. The van der Waals surface area contributed by atoms with Crippen LogP contribution in [0.15, 0.2) is 42.5 Å². The Morgan fingerprint density at radius 3 is 2.54 bits per heavy atom. The number of aromatic hydroxyl groups is 1. The van der Waals surface area contributed by atoms with Gasteiger partial charge in [0.2, 0.25) is 0 Å². The summed E-state index contributed by atoms with van der Waals surface area (Å²) in [6.45, 7) is 4.94. The van der Waals surface area contributed by atoms with Crippen molar-refractivity contribution in [3.05, 3.63) is 63.6 Å². The van der Waals surface area contributed by atoms with Crippen molar-refractivity contribution in [1.29, 1.82) is 0 Å². The molecule has 2 aromatic rings. The zero-order valence-electron chi connectivity index (χ0n) is 14.7. The SMILES string of the molecule is Oc1ccc(Cl)c(CN2CC3CCC(C2)N(Cc2ccccc2)C3)c1Cl. The van der Waals surface area contributed by atoms with Gasteiger partial charge in [0.15, 0.2) is 0 Å². The minimum absolute atomic E-state index is 0.106. The second-order valence-electron chi connectivity index (χ2n) is 7.57. The first-order valence-corrected chi connectivity index (χ1v) is 10.0. The van der Waals surface area contributed by atoms with Crippen molar-refractivity contribution in [2.45, 2.75) is 32.0 Å². The van der Waals surface area contributed by atoms with Crippen LogP contribution in [0.25, 0.3) is 0 Å². The summed E-state index contributed by atoms with van der Waals surface area (Å²) in [7, 11) is 0. The molecular formula is C21H24Cl2N2O. The summed E-state index contributed by atoms with van der Waals surface area (Å²) in [5.74, 6) is 0.780. The molecule has 3 aliphatic rings. The maximum atomic E-state index is 9.91. The molecule has 1 N–H and O–H groups in total. The maximum Gasteiger partial charge on any atom is 0.134 e. The molecule has 2 unspecified atom stereocenters. The Bertz CT molecular complexity index is 768. The number of piperidine rings is 1. The standard InChI is InChI=1S/C21H24Cl2N2O/c22-19-8-9-20(26)21(23)18(19)14-24-10-16-6-7-17(13-24)25(12-16)11-15-4-2-1-3-5-15/h1-5,8-9,16-17,26H,6-7,10-14H2. The lowest BCUT2D eigenvalue weighted by molar-refractivity contribution is 0.123. The summed E-state index contributed by atoms with van der Waals surface area (Å²) >= 11 is 12.7. The van der Waals surface area contributed by atoms with Crippen molar-refractivity contribution in [2.24, 2.45) is 5.92 Å². The molecule has 5 rings (SSSR count). The molecule has 26 heavy (non-hydrogen) atoms. The second-order valence-corrected chi connectivity index (χ2v) is 8.35. The Morgan fingerprint density at radius 1 is 0.923 bits per heavy atom. The van der Waals surface area contributed by atoms with E-state index in [4.69, 9.17) is 23.2 Å². The second kappa shape index (κ2) is 7.77. The molecule has 3 fully saturated rings. The zero-order valence-corrected chi connectivity index (χ0v) is 16.3. The number of benzene rings is 2. The van der Waals surface area contributed by atoms with Gasteiger partial charge in [0.1, 0.15) is 5.75 Å². The Balaban J connectivity index is 1.49. The number of hydrogen-bond acceptors (Lipinski definition) is 3. The van der Waals surface area contributed by atoms with E-state index in [1.54, 1.807) is 12.1 Å². The van der Waals surface area contributed by atoms with Crippen LogP contribution >= 0.6 is 23.2 Å². The third kappa shape index (κ3) is 3.86. The lowest BCUT2D eigenvalue weighted by Gasteiger charge is -2.36. The topological polar surface area (TPSA) is 26.7 Å². The van der Waals surface area contributed by atoms with Crippen molar-refractivity contribution >= 4 is 23.2 Å². The van der Waals surface area contributed by atoms with Crippen LogP contribution in [0, 0.1) is 5.92 Å². The predicted molar refractivity (Wildman–Crippen MR) is 107 cm³/mol. The monoisotopic (exact) mass is 390 g/mol. The normalized spacial score (nSPS) is 23.9. The third-order valence-corrected chi connectivity index (χ3v) is 6.45. The van der Waals surface area contributed by atoms with Crippen molar-refractivity contribution in [2.75, 3.05) is 19.6 Å². The summed E-state index contributed by atoms with van der Waals surface area (Å²) < 4.78 is 0. The first kappa shape index (κ1) is 18.1. The van der Waals surface area contributed by atoms with Gasteiger partial charge in [0, 0.05) is 49.4 Å². The Kier molecular flexibility index (Phi) is 5.42. The lowest BCUT2D eigenvalue weighted by atomic mass is 9.94. The third-order valence-electron chi connectivity index (χ3n) is 5.68. The molecule has 0 spiro atoms. The van der Waals surface area contributed by atoms with Crippen LogP contribution in [0.4, 0.5) is 0 Å². The van der Waals surface area contributed by atoms with E-state index < -0.39 is 0 Å². The fourth-order valence-corrected chi connectivity index (χ4v) is 4.86. The highest BCUT2D eigenvalue weighted by Gasteiger charge is 2.35. The Morgan fingerprint density at radius 2 is 1.73 bits per heavy atom. The van der Waals surface area contributed by atoms with Crippen LogP contribution in [0.3, 0.4) is 0 Å². The minimum atomic E-state index is 0.106. The van der Waals surface area contributed by atoms with Gasteiger partial charge in [-0.3, -0.25) is 9.80 Å². The Labute approximate surface area is 165 Å². The molecule has 3 saturated heterocycles. The maximum absolute atomic E-state index is 9.91. The average Bonchev–Trinajstić information content (AvgIpc) is 2.94. The minimum Gasteiger partial charge on any atom is -0.506 e. The van der Waals surface area contributed by atoms with Crippen LogP contribution in [0.5, 0.6) is 5.75 Å². The predicted octanol–water partition coefficient (Wildman–Crippen LogP) is 4.80. The first-order chi connectivity index (χ1) is 12.6. The van der Waals surface area contributed by atoms with Crippen molar-refractivity contribution in [3.8, 4) is 5.75 Å². The van der Waals surface area contributed by atoms with E-state index >= 15 is 0 Å². The van der Waals surface area contributed by atoms with Gasteiger partial charge in [-0.05, 0) is 36.5 Å². The average molecular weight is 391 g/mol. The van der Waals surface area contributed by atoms with Crippen LogP contribution in [-0.2, 0) is 13.1 Å². The molecule has 138 valence electrons. The van der Waals surface area contributed by atoms with Gasteiger partial charge in [-0.25, -0.2) is 0 Å². The van der Waals surface area contributed by atoms with Gasteiger partial charge in [-0.15, -0.1) is 0 Å². The van der Waals surface area contributed by atoms with Gasteiger partial charge in [0.05, 0.1) is 5.02 Å². The van der Waals surface area contributed by atoms with E-state index in [0.29, 0.717) is 28.5 Å². The van der Waals surface area contributed by atoms with Crippen LogP contribution < -0.4 is 0 Å². The fraction of sp³-hybridized carbons (Fsp3) is 0.429. The molecule has 0 aliphatic carbocycles. The van der Waals surface area contributed by atoms with Crippen molar-refractivity contribution in [1.82, 2.24) is 9.80 Å². The number of nitrogens with zero attached hydrogens (tertiary/aromatic N) is 2. The van der Waals surface area contributed by atoms with Crippen LogP contribution in [-0.4, -0.2) is 40.6 Å². The van der Waals surface area contributed by atoms with Crippen molar-refractivity contribution < 1.29 is 5.11 Å². The van der Waals surface area contributed by atoms with Crippen LogP contribution in [0.1, 0.15) is 24.0 Å². The molecular weight excluding hydrogens is 367 g/mol. The number of fused-ring (bicyclic) bond motifs is 4. The molecule has 3 aliphatic heterocycles. The smallest absolute Gasteiger partial charge is 0.134 e. The van der Waals surface area contributed by atoms with Gasteiger partial charge in [-0.2, -0.15) is 0 Å². The number of rotatable bonds is 4. The van der Waals surface area contributed by atoms with Crippen molar-refractivity contribution in [3.63, 3.8) is 0 Å². The van der Waals surface area contributed by atoms with E-state index in [-0.39, 0.29) is 5.75 Å². The number of phenols is 1. The molecule has 2 aromatic carbocycles. The molecule has 0 radical (unpaired) electrons. The molecule has 2 bridgehead atoms. The molecule has 0 saturated carbocycles. The zero-order chi connectivity index (χ0) is 18.1. The molecule has 3 heterocycles. The number of phenolic OH excluding ortho intramolecular Hbond substituents is 1. The summed E-state index contributed by atoms with van der Waals surface area (Å²) in [6.07, 6.45) is 2.53. The molecule has 5 heteroatoms. The van der Waals surface area contributed by atoms with E-state index in [9.17, 15) is 5.11 Å². The lowest BCUT2D eigenvalue weighted by Crippen LogP contribution is -2.43. The van der Waals surface area contributed by atoms with Gasteiger partial charge < -0.3 is 5.11 Å². The molecule has 3 nitrogen and oxygen atoms in total. The van der Waals surface area contributed by atoms with E-state index in [1.807, 2.05) is 0 Å². The van der Waals surface area contributed by atoms with Gasteiger partial charge >= 0.3 is 0 Å². The molecule has 0 aromatic heterocycles.